The summed E-state index contributed by atoms with van der Waals surface area (Å²) in [6.45, 7) is 13.7. The maximum absolute atomic E-state index is 12.4. The van der Waals surface area contributed by atoms with Crippen LogP contribution in [0.25, 0.3) is 0 Å². The van der Waals surface area contributed by atoms with Crippen LogP contribution in [-0.4, -0.2) is 56.3 Å². The maximum atomic E-state index is 12.4. The van der Waals surface area contributed by atoms with Gasteiger partial charge in [-0.05, 0) is 39.0 Å². The van der Waals surface area contributed by atoms with Crippen LogP contribution in [0.5, 0.6) is 5.75 Å². The molecule has 0 bridgehead atoms. The minimum atomic E-state index is -0.871. The van der Waals surface area contributed by atoms with E-state index in [9.17, 15) is 24.0 Å². The van der Waals surface area contributed by atoms with Crippen LogP contribution in [0, 0.1) is 0 Å². The van der Waals surface area contributed by atoms with E-state index in [1.165, 1.54) is 39.0 Å². The Hall–Kier alpha value is -4.21. The van der Waals surface area contributed by atoms with E-state index >= 15 is 0 Å². The van der Waals surface area contributed by atoms with Crippen molar-refractivity contribution in [2.45, 2.75) is 20.8 Å². The van der Waals surface area contributed by atoms with Gasteiger partial charge < -0.3 is 23.7 Å². The zero-order valence-electron chi connectivity index (χ0n) is 19.3. The molecule has 34 heavy (non-hydrogen) atoms. The van der Waals surface area contributed by atoms with Crippen molar-refractivity contribution < 1.29 is 47.7 Å². The van der Waals surface area contributed by atoms with E-state index in [0.717, 1.165) is 0 Å². The molecule has 0 heterocycles. The Morgan fingerprint density at radius 3 is 1.29 bits per heavy atom. The highest BCUT2D eigenvalue weighted by Gasteiger charge is 2.18. The van der Waals surface area contributed by atoms with Gasteiger partial charge in [-0.1, -0.05) is 19.7 Å². The van der Waals surface area contributed by atoms with Crippen molar-refractivity contribution >= 4 is 29.8 Å². The summed E-state index contributed by atoms with van der Waals surface area (Å²) in [5, 5.41) is 0. The summed E-state index contributed by atoms with van der Waals surface area (Å²) >= 11 is 0. The van der Waals surface area contributed by atoms with Crippen molar-refractivity contribution in [2.75, 3.05) is 26.4 Å². The van der Waals surface area contributed by atoms with Crippen LogP contribution in [0.1, 0.15) is 41.5 Å². The number of rotatable bonds is 12. The van der Waals surface area contributed by atoms with E-state index in [1.807, 2.05) is 0 Å². The van der Waals surface area contributed by atoms with Gasteiger partial charge >= 0.3 is 29.8 Å². The molecule has 0 amide bonds. The minimum absolute atomic E-state index is 0.0933. The number of ether oxygens (including phenoxy) is 5. The van der Waals surface area contributed by atoms with Crippen molar-refractivity contribution in [2.24, 2.45) is 0 Å². The average Bonchev–Trinajstić information content (AvgIpc) is 2.78. The van der Waals surface area contributed by atoms with E-state index < -0.39 is 29.8 Å². The summed E-state index contributed by atoms with van der Waals surface area (Å²) in [5.41, 5.74) is 0.223. The van der Waals surface area contributed by atoms with Crippen molar-refractivity contribution in [3.8, 4) is 5.75 Å². The third-order valence-corrected chi connectivity index (χ3v) is 3.73. The summed E-state index contributed by atoms with van der Waals surface area (Å²) in [6.07, 6.45) is 0. The number of benzene rings is 1. The summed E-state index contributed by atoms with van der Waals surface area (Å²) in [5.74, 6) is -3.92. The fraction of sp³-hybridized carbons (Fsp3) is 0.292. The van der Waals surface area contributed by atoms with Crippen molar-refractivity contribution in [1.29, 1.82) is 0 Å². The first-order valence-corrected chi connectivity index (χ1v) is 9.94. The maximum Gasteiger partial charge on any atom is 0.338 e. The number of esters is 5. The van der Waals surface area contributed by atoms with Crippen molar-refractivity contribution in [3.63, 3.8) is 0 Å². The predicted molar refractivity (Wildman–Crippen MR) is 119 cm³/mol. The third-order valence-electron chi connectivity index (χ3n) is 3.73. The second-order valence-electron chi connectivity index (χ2n) is 7.02. The fourth-order valence-corrected chi connectivity index (χ4v) is 2.04. The van der Waals surface area contributed by atoms with E-state index in [4.69, 9.17) is 23.7 Å². The van der Waals surface area contributed by atoms with Crippen LogP contribution in [0.3, 0.4) is 0 Å². The molecule has 182 valence electrons. The van der Waals surface area contributed by atoms with Gasteiger partial charge in [0, 0.05) is 16.7 Å². The van der Waals surface area contributed by atoms with Gasteiger partial charge in [0.2, 0.25) is 0 Å². The van der Waals surface area contributed by atoms with Crippen LogP contribution in [-0.2, 0) is 33.3 Å². The molecule has 0 aromatic heterocycles. The number of carbonyl (C=O) groups excluding carboxylic acids is 5. The molecule has 0 spiro atoms. The Balaban J connectivity index is 2.91. The average molecular weight is 474 g/mol. The highest BCUT2D eigenvalue weighted by atomic mass is 16.6. The Morgan fingerprint density at radius 1 is 0.588 bits per heavy atom. The van der Waals surface area contributed by atoms with Crippen LogP contribution < -0.4 is 4.74 Å². The number of carbonyl (C=O) groups is 5. The lowest BCUT2D eigenvalue weighted by atomic mass is 10.1. The molecule has 0 N–H and O–H groups in total. The van der Waals surface area contributed by atoms with Gasteiger partial charge in [0.05, 0.1) is 11.1 Å². The number of hydrogen-bond acceptors (Lipinski definition) is 10. The molecule has 10 heteroatoms. The highest BCUT2D eigenvalue weighted by Crippen LogP contribution is 2.20. The summed E-state index contributed by atoms with van der Waals surface area (Å²) in [7, 11) is 0. The van der Waals surface area contributed by atoms with Crippen molar-refractivity contribution in [3.05, 3.63) is 65.8 Å². The van der Waals surface area contributed by atoms with Gasteiger partial charge in [0.1, 0.15) is 32.2 Å². The van der Waals surface area contributed by atoms with Crippen LogP contribution in [0.15, 0.2) is 54.7 Å². The molecule has 0 unspecified atom stereocenters. The van der Waals surface area contributed by atoms with E-state index in [-0.39, 0.29) is 60.0 Å². The second kappa shape index (κ2) is 13.4. The van der Waals surface area contributed by atoms with Crippen LogP contribution >= 0.6 is 0 Å². The Labute approximate surface area is 196 Å². The molecular formula is C24H26O10. The third kappa shape index (κ3) is 9.51. The molecule has 1 rings (SSSR count). The predicted octanol–water partition coefficient (Wildman–Crippen LogP) is 2.72. The molecule has 0 aliphatic carbocycles. The lowest BCUT2D eigenvalue weighted by molar-refractivity contribution is -0.140. The SMILES string of the molecule is C=C(C)C(=O)OCCOC(=O)c1cc(OC(=O)C(=C)C)cc(C(=O)OCCOC(=O)C(=C)C)c1. The highest BCUT2D eigenvalue weighted by molar-refractivity contribution is 5.97. The largest absolute Gasteiger partial charge is 0.459 e. The topological polar surface area (TPSA) is 132 Å². The Bertz CT molecular complexity index is 954. The molecule has 10 nitrogen and oxygen atoms in total. The van der Waals surface area contributed by atoms with E-state index in [0.29, 0.717) is 0 Å². The fourth-order valence-electron chi connectivity index (χ4n) is 2.04. The first-order chi connectivity index (χ1) is 15.9. The van der Waals surface area contributed by atoms with Gasteiger partial charge in [-0.15, -0.1) is 0 Å². The molecule has 0 aliphatic rings. The smallest absolute Gasteiger partial charge is 0.338 e. The lowest BCUT2D eigenvalue weighted by Crippen LogP contribution is -2.17. The van der Waals surface area contributed by atoms with E-state index in [1.54, 1.807) is 0 Å². The molecule has 1 aromatic rings. The zero-order chi connectivity index (χ0) is 25.8. The standard InChI is InChI=1S/C24H26O10/c1-14(2)20(25)30-7-9-32-23(28)17-11-18(13-19(12-17)34-22(27)16(5)6)24(29)33-10-8-31-21(26)15(3)4/h11-13H,1,3,5,7-10H2,2,4,6H3. The molecule has 0 saturated heterocycles. The van der Waals surface area contributed by atoms with Gasteiger partial charge in [0.25, 0.3) is 0 Å². The second-order valence-corrected chi connectivity index (χ2v) is 7.02. The minimum Gasteiger partial charge on any atom is -0.459 e. The molecule has 0 atom stereocenters. The summed E-state index contributed by atoms with van der Waals surface area (Å²) in [4.78, 5) is 59.4. The lowest BCUT2D eigenvalue weighted by Gasteiger charge is -2.11. The molecule has 0 radical (unpaired) electrons. The van der Waals surface area contributed by atoms with Gasteiger partial charge in [-0.25, -0.2) is 24.0 Å². The Kier molecular flexibility index (Phi) is 10.9. The molecule has 1 aromatic carbocycles. The van der Waals surface area contributed by atoms with Crippen LogP contribution in [0.4, 0.5) is 0 Å². The van der Waals surface area contributed by atoms with Crippen LogP contribution in [0.2, 0.25) is 0 Å². The normalized spacial score (nSPS) is 9.85. The van der Waals surface area contributed by atoms with Crippen molar-refractivity contribution in [1.82, 2.24) is 0 Å². The first-order valence-electron chi connectivity index (χ1n) is 9.94. The zero-order valence-corrected chi connectivity index (χ0v) is 19.3. The quantitative estimate of drug-likeness (QED) is 0.146. The molecule has 0 aliphatic heterocycles. The van der Waals surface area contributed by atoms with Gasteiger partial charge in [-0.3, -0.25) is 0 Å². The summed E-state index contributed by atoms with van der Waals surface area (Å²) < 4.78 is 24.8. The number of hydrogen-bond donors (Lipinski definition) is 0. The summed E-state index contributed by atoms with van der Waals surface area (Å²) in [6, 6.07) is 3.55. The van der Waals surface area contributed by atoms with Gasteiger partial charge in [-0.2, -0.15) is 0 Å². The monoisotopic (exact) mass is 474 g/mol. The molecule has 0 saturated carbocycles. The first kappa shape index (κ1) is 27.8. The molecule has 0 fully saturated rings. The van der Waals surface area contributed by atoms with E-state index in [2.05, 4.69) is 19.7 Å². The molecular weight excluding hydrogens is 448 g/mol. The van der Waals surface area contributed by atoms with Gasteiger partial charge in [0.15, 0.2) is 0 Å². The Morgan fingerprint density at radius 2 is 0.941 bits per heavy atom.